The average Bonchev–Trinajstić information content (AvgIpc) is 3.11. The molecule has 9 heteroatoms. The van der Waals surface area contributed by atoms with Gasteiger partial charge in [-0.15, -0.1) is 22.7 Å². The number of nitrogens with zero attached hydrogens (tertiary/aromatic N) is 2. The number of aromatic nitrogens is 2. The van der Waals surface area contributed by atoms with Gasteiger partial charge in [-0.25, -0.2) is 19.6 Å². The van der Waals surface area contributed by atoms with E-state index in [2.05, 4.69) is 25.9 Å². The van der Waals surface area contributed by atoms with Crippen LogP contribution in [0.4, 0.5) is 0 Å². The first-order chi connectivity index (χ1) is 11.6. The molecule has 0 amide bonds. The molecule has 1 saturated carbocycles. The van der Waals surface area contributed by atoms with Crippen molar-refractivity contribution in [2.45, 2.75) is 32.6 Å². The minimum Gasteiger partial charge on any atom is -0.461 e. The fraction of sp³-hybridized carbons (Fsp3) is 0.467. The third-order valence-corrected chi connectivity index (χ3v) is 5.54. The van der Waals surface area contributed by atoms with Crippen molar-refractivity contribution in [3.8, 4) is 0 Å². The normalized spacial score (nSPS) is 13.0. The first-order valence-electron chi connectivity index (χ1n) is 7.45. The van der Waals surface area contributed by atoms with Crippen LogP contribution in [-0.2, 0) is 9.47 Å². The molecule has 0 aliphatic heterocycles. The van der Waals surface area contributed by atoms with Gasteiger partial charge in [0.25, 0.3) is 0 Å². The summed E-state index contributed by atoms with van der Waals surface area (Å²) in [6, 6.07) is 0. The fourth-order valence-corrected chi connectivity index (χ4v) is 3.77. The van der Waals surface area contributed by atoms with E-state index >= 15 is 0 Å². The van der Waals surface area contributed by atoms with Crippen molar-refractivity contribution in [3.05, 3.63) is 31.1 Å². The van der Waals surface area contributed by atoms with Crippen LogP contribution in [0, 0.1) is 0 Å². The summed E-state index contributed by atoms with van der Waals surface area (Å²) in [5.74, 6) is -0.0711. The molecule has 0 radical (unpaired) electrons. The van der Waals surface area contributed by atoms with Gasteiger partial charge in [0.05, 0.1) is 24.2 Å². The molecule has 2 aromatic rings. The molecule has 2 heterocycles. The summed E-state index contributed by atoms with van der Waals surface area (Å²) in [6.45, 7) is 4.36. The molecule has 24 heavy (non-hydrogen) atoms. The fourth-order valence-electron chi connectivity index (χ4n) is 1.81. The molecule has 6 nitrogen and oxygen atoms in total. The van der Waals surface area contributed by atoms with Crippen molar-refractivity contribution < 1.29 is 19.1 Å². The van der Waals surface area contributed by atoms with Gasteiger partial charge in [0.2, 0.25) is 0 Å². The minimum atomic E-state index is -0.374. The Kier molecular flexibility index (Phi) is 7.32. The molecule has 0 saturated heterocycles. The highest BCUT2D eigenvalue weighted by Gasteiger charge is 2.30. The Hall–Kier alpha value is -1.32. The van der Waals surface area contributed by atoms with Gasteiger partial charge in [-0.2, -0.15) is 0 Å². The Morgan fingerprint density at radius 1 is 1.08 bits per heavy atom. The molecule has 1 aliphatic carbocycles. The SMILES string of the molecule is CCOC(=O)c1ncsc1Br.CCOC(=O)c1ncsc1C1CC1. The van der Waals surface area contributed by atoms with Crippen LogP contribution in [0.3, 0.4) is 0 Å². The van der Waals surface area contributed by atoms with Crippen molar-refractivity contribution in [1.82, 2.24) is 9.97 Å². The van der Waals surface area contributed by atoms with Crippen LogP contribution in [-0.4, -0.2) is 35.1 Å². The summed E-state index contributed by atoms with van der Waals surface area (Å²) in [6.07, 6.45) is 2.38. The van der Waals surface area contributed by atoms with Gasteiger partial charge < -0.3 is 9.47 Å². The third kappa shape index (κ3) is 5.09. The van der Waals surface area contributed by atoms with Gasteiger partial charge in [0.1, 0.15) is 3.79 Å². The second kappa shape index (κ2) is 9.24. The number of hydrogen-bond acceptors (Lipinski definition) is 8. The van der Waals surface area contributed by atoms with Gasteiger partial charge in [0.15, 0.2) is 11.4 Å². The number of carbonyl (C=O) groups excluding carboxylic acids is 2. The maximum Gasteiger partial charge on any atom is 0.358 e. The van der Waals surface area contributed by atoms with Gasteiger partial charge in [-0.05, 0) is 48.5 Å². The van der Waals surface area contributed by atoms with Crippen molar-refractivity contribution in [1.29, 1.82) is 0 Å². The molecule has 0 atom stereocenters. The van der Waals surface area contributed by atoms with Crippen LogP contribution >= 0.6 is 38.6 Å². The molecular weight excluding hydrogens is 416 g/mol. The molecule has 0 N–H and O–H groups in total. The van der Waals surface area contributed by atoms with E-state index in [-0.39, 0.29) is 11.9 Å². The predicted molar refractivity (Wildman–Crippen MR) is 95.8 cm³/mol. The maximum absolute atomic E-state index is 11.4. The number of ether oxygens (including phenoxy) is 2. The maximum atomic E-state index is 11.4. The van der Waals surface area contributed by atoms with E-state index in [1.807, 2.05) is 0 Å². The number of halogens is 1. The van der Waals surface area contributed by atoms with E-state index in [1.54, 1.807) is 36.2 Å². The van der Waals surface area contributed by atoms with Crippen LogP contribution in [0.5, 0.6) is 0 Å². The van der Waals surface area contributed by atoms with Gasteiger partial charge in [-0.1, -0.05) is 0 Å². The Bertz CT molecular complexity index is 697. The van der Waals surface area contributed by atoms with E-state index in [4.69, 9.17) is 9.47 Å². The summed E-state index contributed by atoms with van der Waals surface area (Å²) in [5, 5.41) is 0. The molecule has 0 unspecified atom stereocenters. The van der Waals surface area contributed by atoms with Gasteiger partial charge >= 0.3 is 11.9 Å². The quantitative estimate of drug-likeness (QED) is 0.655. The Morgan fingerprint density at radius 3 is 2.12 bits per heavy atom. The molecule has 1 fully saturated rings. The average molecular weight is 433 g/mol. The van der Waals surface area contributed by atoms with Gasteiger partial charge in [0, 0.05) is 4.88 Å². The molecular formula is C15H17BrN2O4S2. The van der Waals surface area contributed by atoms with E-state index in [0.29, 0.717) is 30.5 Å². The lowest BCUT2D eigenvalue weighted by Crippen LogP contribution is -2.06. The highest BCUT2D eigenvalue weighted by atomic mass is 79.9. The van der Waals surface area contributed by atoms with E-state index in [1.165, 1.54) is 24.2 Å². The zero-order chi connectivity index (χ0) is 17.5. The summed E-state index contributed by atoms with van der Waals surface area (Å²) >= 11 is 6.12. The largest absolute Gasteiger partial charge is 0.461 e. The minimum absolute atomic E-state index is 0.273. The summed E-state index contributed by atoms with van der Waals surface area (Å²) in [4.78, 5) is 31.4. The predicted octanol–water partition coefficient (Wildman–Crippen LogP) is 4.28. The standard InChI is InChI=1S/C9H11NO2S.C6H6BrNO2S/c1-2-12-9(11)7-8(6-3-4-6)13-5-10-7;1-2-10-6(9)4-5(7)11-3-8-4/h5-6H,2-4H2,1H3;3H,2H2,1H3. The number of thiazole rings is 2. The highest BCUT2D eigenvalue weighted by Crippen LogP contribution is 2.43. The van der Waals surface area contributed by atoms with Crippen molar-refractivity contribution >= 4 is 50.5 Å². The van der Waals surface area contributed by atoms with E-state index in [0.717, 1.165) is 8.66 Å². The second-order valence-electron chi connectivity index (χ2n) is 4.76. The molecule has 3 rings (SSSR count). The van der Waals surface area contributed by atoms with Crippen LogP contribution in [0.25, 0.3) is 0 Å². The summed E-state index contributed by atoms with van der Waals surface area (Å²) in [7, 11) is 0. The van der Waals surface area contributed by atoms with Crippen molar-refractivity contribution in [2.75, 3.05) is 13.2 Å². The monoisotopic (exact) mass is 432 g/mol. The van der Waals surface area contributed by atoms with Crippen LogP contribution in [0.1, 0.15) is 58.5 Å². The zero-order valence-corrected chi connectivity index (χ0v) is 16.5. The first-order valence-corrected chi connectivity index (χ1v) is 10.00. The van der Waals surface area contributed by atoms with Crippen molar-refractivity contribution in [3.63, 3.8) is 0 Å². The van der Waals surface area contributed by atoms with E-state index < -0.39 is 0 Å². The molecule has 0 aromatic carbocycles. The lowest BCUT2D eigenvalue weighted by atomic mass is 10.3. The number of esters is 2. The molecule has 1 aliphatic rings. The molecule has 0 bridgehead atoms. The number of hydrogen-bond donors (Lipinski definition) is 0. The second-order valence-corrected chi connectivity index (χ2v) is 7.81. The Morgan fingerprint density at radius 2 is 1.62 bits per heavy atom. The van der Waals surface area contributed by atoms with E-state index in [9.17, 15) is 9.59 Å². The topological polar surface area (TPSA) is 78.4 Å². The van der Waals surface area contributed by atoms with Crippen LogP contribution < -0.4 is 0 Å². The van der Waals surface area contributed by atoms with Crippen LogP contribution in [0.2, 0.25) is 0 Å². The molecule has 0 spiro atoms. The number of carbonyl (C=O) groups is 2. The zero-order valence-electron chi connectivity index (χ0n) is 13.3. The van der Waals surface area contributed by atoms with Gasteiger partial charge in [-0.3, -0.25) is 0 Å². The third-order valence-electron chi connectivity index (χ3n) is 3.00. The molecule has 2 aromatic heterocycles. The summed E-state index contributed by atoms with van der Waals surface area (Å²) < 4.78 is 10.4. The lowest BCUT2D eigenvalue weighted by molar-refractivity contribution is 0.0510. The summed E-state index contributed by atoms with van der Waals surface area (Å²) in [5.41, 5.74) is 4.21. The first kappa shape index (κ1) is 19.0. The Labute approximate surface area is 156 Å². The smallest absolute Gasteiger partial charge is 0.358 e. The Balaban J connectivity index is 0.000000177. The molecule has 130 valence electrons. The van der Waals surface area contributed by atoms with Crippen LogP contribution in [0.15, 0.2) is 14.8 Å². The van der Waals surface area contributed by atoms with Crippen molar-refractivity contribution in [2.24, 2.45) is 0 Å². The highest BCUT2D eigenvalue weighted by molar-refractivity contribution is 9.11. The number of rotatable bonds is 5. The lowest BCUT2D eigenvalue weighted by Gasteiger charge is -1.99.